The number of rotatable bonds is 32. The number of hydrogen-bond acceptors (Lipinski definition) is 17. The van der Waals surface area contributed by atoms with Crippen LogP contribution in [0.3, 0.4) is 0 Å². The maximum Gasteiger partial charge on any atom is 0.271 e. The summed E-state index contributed by atoms with van der Waals surface area (Å²) in [6, 6.07) is 61.5. The van der Waals surface area contributed by atoms with E-state index in [1.165, 1.54) is 165 Å². The summed E-state index contributed by atoms with van der Waals surface area (Å²) in [5.74, 6) is 7.81. The number of fused-ring (bicyclic) bond motifs is 5. The lowest BCUT2D eigenvalue weighted by Gasteiger charge is -2.21. The van der Waals surface area contributed by atoms with E-state index in [1.807, 2.05) is 193 Å². The van der Waals surface area contributed by atoms with Crippen molar-refractivity contribution < 1.29 is 38.1 Å². The highest BCUT2D eigenvalue weighted by Gasteiger charge is 2.22. The number of carbonyl (C=O) groups excluding carboxylic acids is 3. The van der Waals surface area contributed by atoms with Crippen LogP contribution < -0.4 is 50.3 Å². The molecule has 10 heterocycles. The zero-order valence-corrected chi connectivity index (χ0v) is 76.8. The predicted octanol–water partition coefficient (Wildman–Crippen LogP) is 23.1. The fourth-order valence-corrected chi connectivity index (χ4v) is 18.0. The molecule has 0 atom stereocenters. The summed E-state index contributed by atoms with van der Waals surface area (Å²) in [7, 11) is 0. The summed E-state index contributed by atoms with van der Waals surface area (Å²) < 4.78 is 39.0. The molecule has 5 aromatic carbocycles. The summed E-state index contributed by atoms with van der Waals surface area (Å²) in [4.78, 5) is 49.7. The van der Waals surface area contributed by atoms with Gasteiger partial charge in [0.25, 0.3) is 17.7 Å². The van der Waals surface area contributed by atoms with Crippen LogP contribution >= 0.6 is 0 Å². The van der Waals surface area contributed by atoms with Gasteiger partial charge in [-0.1, -0.05) is 192 Å². The summed E-state index contributed by atoms with van der Waals surface area (Å²) in [6.45, 7) is 15.3. The predicted molar refractivity (Wildman–Crippen MR) is 545 cm³/mol. The third-order valence-electron chi connectivity index (χ3n) is 26.0. The van der Waals surface area contributed by atoms with Crippen LogP contribution in [0, 0.1) is 29.6 Å². The first-order valence-electron chi connectivity index (χ1n) is 48.1. The highest BCUT2D eigenvalue weighted by molar-refractivity contribution is 5.95. The minimum atomic E-state index is -0.170. The molecule has 0 unspecified atom stereocenters. The Hall–Kier alpha value is -14.1. The number of amides is 3. The third-order valence-corrected chi connectivity index (χ3v) is 26.0. The maximum atomic E-state index is 12.4. The van der Waals surface area contributed by atoms with E-state index in [4.69, 9.17) is 23.7 Å². The number of nitrogens with zero attached hydrogens (tertiary/aromatic N) is 12. The summed E-state index contributed by atoms with van der Waals surface area (Å²) in [6.07, 6.45) is 53.4. The van der Waals surface area contributed by atoms with Gasteiger partial charge in [-0.3, -0.25) is 23.2 Å². The van der Waals surface area contributed by atoms with Gasteiger partial charge in [0, 0.05) is 110 Å². The van der Waals surface area contributed by atoms with E-state index in [2.05, 4.69) is 111 Å². The fourth-order valence-electron chi connectivity index (χ4n) is 18.0. The lowest BCUT2D eigenvalue weighted by atomic mass is 9.90. The van der Waals surface area contributed by atoms with Crippen molar-refractivity contribution in [3.63, 3.8) is 0 Å². The molecule has 5 aliphatic rings. The Bertz CT molecular complexity index is 5920. The van der Waals surface area contributed by atoms with E-state index in [9.17, 15) is 14.4 Å². The molecule has 5 saturated carbocycles. The monoisotopic (exact) mass is 1850 g/mol. The van der Waals surface area contributed by atoms with Crippen molar-refractivity contribution in [1.82, 2.24) is 83.9 Å². The van der Waals surface area contributed by atoms with E-state index in [0.29, 0.717) is 67.3 Å². The molecule has 0 radical (unpaired) electrons. The lowest BCUT2D eigenvalue weighted by molar-refractivity contribution is 0.0939. The minimum absolute atomic E-state index is 0. The largest absolute Gasteiger partial charge is 0.493 e. The van der Waals surface area contributed by atoms with Crippen LogP contribution in [0.4, 0.5) is 0 Å². The van der Waals surface area contributed by atoms with Crippen molar-refractivity contribution >= 4 is 57.2 Å². The molecule has 5 fully saturated rings. The third kappa shape index (κ3) is 29.9. The topological polar surface area (TPSA) is 270 Å². The average Bonchev–Trinajstić information content (AvgIpc) is 1.69. The molecule has 25 nitrogen and oxygen atoms in total. The molecule has 3 amide bonds. The van der Waals surface area contributed by atoms with E-state index in [-0.39, 0.29) is 40.0 Å². The Morgan fingerprint density at radius 1 is 0.336 bits per heavy atom. The van der Waals surface area contributed by atoms with Crippen molar-refractivity contribution in [2.45, 2.75) is 209 Å². The normalized spacial score (nSPS) is 14.6. The van der Waals surface area contributed by atoms with E-state index < -0.39 is 0 Å². The molecule has 5 N–H and O–H groups in total. The zero-order valence-electron chi connectivity index (χ0n) is 76.8. The molecule has 0 saturated heterocycles. The highest BCUT2D eigenvalue weighted by atomic mass is 16.5. The second kappa shape index (κ2) is 52.1. The van der Waals surface area contributed by atoms with Gasteiger partial charge in [0.2, 0.25) is 0 Å². The minimum Gasteiger partial charge on any atom is -0.493 e. The van der Waals surface area contributed by atoms with Crippen molar-refractivity contribution in [3.05, 3.63) is 332 Å². The molecular formula is C112H137N17O8. The van der Waals surface area contributed by atoms with Gasteiger partial charge in [-0.05, 0) is 243 Å². The highest BCUT2D eigenvalue weighted by Crippen LogP contribution is 2.32. The number of ether oxygens (including phenoxy) is 5. The van der Waals surface area contributed by atoms with Crippen molar-refractivity contribution in [2.75, 3.05) is 33.0 Å². The Balaban J connectivity index is 0.000000144. The summed E-state index contributed by atoms with van der Waals surface area (Å²) in [5.41, 5.74) is 14.9. The van der Waals surface area contributed by atoms with Gasteiger partial charge in [0.15, 0.2) is 11.3 Å². The first-order chi connectivity index (χ1) is 65.9. The van der Waals surface area contributed by atoms with Gasteiger partial charge in [-0.2, -0.15) is 0 Å². The number of nitrogens with one attached hydrogen (secondary N) is 5. The van der Waals surface area contributed by atoms with E-state index in [1.54, 1.807) is 55.9 Å². The van der Waals surface area contributed by atoms with Crippen LogP contribution in [-0.4, -0.2) is 108 Å². The molecule has 137 heavy (non-hydrogen) atoms. The van der Waals surface area contributed by atoms with Crippen LogP contribution in [0.5, 0.6) is 28.7 Å². The lowest BCUT2D eigenvalue weighted by Crippen LogP contribution is -2.23. The van der Waals surface area contributed by atoms with Crippen LogP contribution in [-0.2, 0) is 32.7 Å². The molecule has 25 heteroatoms. The van der Waals surface area contributed by atoms with Gasteiger partial charge in [-0.15, -0.1) is 20.4 Å². The number of carbonyl (C=O) groups is 3. The van der Waals surface area contributed by atoms with Crippen LogP contribution in [0.25, 0.3) is 39.5 Å². The Kier molecular flexibility index (Phi) is 38.2. The molecule has 10 aromatic heterocycles. The summed E-state index contributed by atoms with van der Waals surface area (Å²) >= 11 is 0. The molecular weight excluding hydrogens is 1710 g/mol. The number of aromatic nitrogens is 12. The van der Waals surface area contributed by atoms with E-state index in [0.717, 1.165) is 141 Å². The summed E-state index contributed by atoms with van der Waals surface area (Å²) in [5, 5.41) is 31.8. The quantitative estimate of drug-likeness (QED) is 0.0262. The number of benzene rings is 5. The van der Waals surface area contributed by atoms with Gasteiger partial charge in [0.1, 0.15) is 58.4 Å². The van der Waals surface area contributed by atoms with Crippen LogP contribution in [0.15, 0.2) is 276 Å². The molecule has 0 aliphatic heterocycles. The van der Waals surface area contributed by atoms with Crippen molar-refractivity contribution in [1.29, 1.82) is 0 Å². The Morgan fingerprint density at radius 3 is 1.11 bits per heavy atom. The zero-order chi connectivity index (χ0) is 91.7. The smallest absolute Gasteiger partial charge is 0.271 e. The standard InChI is InChI=1S/C22H26N4O.3C22H25N3O2.C21H24N4O.3CH4/c1-17(21-8-5-13-26-16-24-25-22(21)26)23-14-18-9-11-20(12-10-18)27-15-19-6-3-2-4-7-19;26-22(20-15-25-13-5-4-8-21(25)24-20)23-14-17-9-11-19(12-10-17)27-16-18-6-2-1-3-7-18;26-22(19-8-9-20-13-23-16-25(20)14-19)24-12-17-6-10-21(11-7-17)27-15-18-4-2-1-3-5-18;26-22(19-10-12-25-13-11-23-21(25)14-19)24-15-17-6-8-20(9-7-17)27-16-18-4-2-1-3-5-18;1-16(20-7-4-12-25-15-23-24-21(20)25)22-13-17-8-10-19(11-9-17)26-14-18-5-2-3-6-18;;;/h5,8-13,16,19,23H,1-4,6-7,14-15H2;4-5,8-13,15,18H,1-3,6-7,14,16H2,(H,23,26);6-11,13-14,16,18H,1-5,12,15H2,(H,24,26);6-14,18H,1-5,15-16H2,(H,24,26);4,7-12,15,18,22H,1-3,5-6,13-14H2;3*1H4. The first kappa shape index (κ1) is 100. The fraction of sp³-hybridized carbons (Fsp3) is 0.375. The van der Waals surface area contributed by atoms with Crippen molar-refractivity contribution in [2.24, 2.45) is 29.6 Å². The molecule has 718 valence electrons. The van der Waals surface area contributed by atoms with Gasteiger partial charge in [-0.25, -0.2) is 15.0 Å². The SMILES string of the molecule is C.C.C.C=C(NCc1ccc(OCC2CCCC2)cc1)c1cccn2cnnc12.C=C(NCc1ccc(OCC2CCCCC2)cc1)c1cccn2cnnc12.O=C(NCc1ccc(OCC2CCCCC2)cc1)c1ccc2cncn2c1.O=C(NCc1ccc(OCC2CCCCC2)cc1)c1ccn2ccnc2c1.O=C(NCc1ccc(OCC2CCCCC2)cc1)c1cn2ccccc2n1. The molecule has 0 bridgehead atoms. The number of imidazole rings is 3. The first-order valence-corrected chi connectivity index (χ1v) is 48.1. The Labute approximate surface area is 806 Å². The molecule has 5 aliphatic carbocycles. The molecule has 15 aromatic rings. The Morgan fingerprint density at radius 2 is 0.708 bits per heavy atom. The second-order valence-electron chi connectivity index (χ2n) is 36.0. The van der Waals surface area contributed by atoms with Gasteiger partial charge in [0.05, 0.1) is 56.6 Å². The van der Waals surface area contributed by atoms with Gasteiger partial charge < -0.3 is 63.5 Å². The van der Waals surface area contributed by atoms with Crippen LogP contribution in [0.2, 0.25) is 0 Å². The number of hydrogen-bond donors (Lipinski definition) is 5. The van der Waals surface area contributed by atoms with Gasteiger partial charge >= 0.3 is 0 Å². The molecule has 0 spiro atoms. The van der Waals surface area contributed by atoms with Crippen molar-refractivity contribution in [3.8, 4) is 28.7 Å². The van der Waals surface area contributed by atoms with E-state index >= 15 is 0 Å². The number of pyridine rings is 5. The average molecular weight is 1850 g/mol. The van der Waals surface area contributed by atoms with Crippen LogP contribution in [0.1, 0.15) is 247 Å². The second-order valence-corrected chi connectivity index (χ2v) is 36.0. The maximum absolute atomic E-state index is 12.4. The molecule has 20 rings (SSSR count).